The fraction of sp³-hybridized carbons (Fsp3) is 0.400. The first kappa shape index (κ1) is 25.8. The van der Waals surface area contributed by atoms with Gasteiger partial charge in [-0.25, -0.2) is 4.99 Å². The molecule has 6 nitrogen and oxygen atoms in total. The monoisotopic (exact) mass is 535 g/mol. The number of rotatable bonds is 5. The number of nitrogens with one attached hydrogen (secondary N) is 2. The van der Waals surface area contributed by atoms with Crippen molar-refractivity contribution in [2.45, 2.75) is 25.6 Å². The molecule has 0 radical (unpaired) electrons. The molecule has 2 rings (SSSR count). The van der Waals surface area contributed by atoms with Crippen LogP contribution in [-0.4, -0.2) is 40.5 Å². The minimum atomic E-state index is -4.36. The van der Waals surface area contributed by atoms with E-state index in [-0.39, 0.29) is 37.1 Å². The van der Waals surface area contributed by atoms with Crippen LogP contribution < -0.4 is 10.6 Å². The minimum absolute atomic E-state index is 0. The average molecular weight is 535 g/mol. The number of alkyl halides is 3. The Bertz CT molecular complexity index is 896. The summed E-state index contributed by atoms with van der Waals surface area (Å²) in [6.07, 6.45) is -1.04. The van der Waals surface area contributed by atoms with E-state index in [4.69, 9.17) is 0 Å². The molecule has 1 aromatic heterocycles. The molecule has 0 amide bonds. The van der Waals surface area contributed by atoms with E-state index < -0.39 is 17.3 Å². The Morgan fingerprint density at radius 3 is 2.40 bits per heavy atom. The molecule has 1 heterocycles. The molecular weight excluding hydrogens is 510 g/mol. The lowest BCUT2D eigenvalue weighted by atomic mass is 10.0. The number of halogens is 4. The molecule has 1 aromatic carbocycles. The van der Waals surface area contributed by atoms with Crippen LogP contribution in [0.5, 0.6) is 0 Å². The first-order chi connectivity index (χ1) is 13.6. The Morgan fingerprint density at radius 2 is 1.87 bits per heavy atom. The van der Waals surface area contributed by atoms with Crippen molar-refractivity contribution in [3.63, 3.8) is 0 Å². The van der Waals surface area contributed by atoms with Crippen molar-refractivity contribution in [1.29, 1.82) is 0 Å². The molecule has 2 aromatic rings. The Balaban J connectivity index is 0.00000450. The summed E-state index contributed by atoms with van der Waals surface area (Å²) in [7, 11) is 1.77. The molecule has 0 spiro atoms. The molecular formula is C20H25F3IN5O. The summed E-state index contributed by atoms with van der Waals surface area (Å²) in [4.78, 5) is 4.37. The maximum absolute atomic E-state index is 12.6. The fourth-order valence-electron chi connectivity index (χ4n) is 2.38. The van der Waals surface area contributed by atoms with Crippen molar-refractivity contribution < 1.29 is 18.3 Å². The van der Waals surface area contributed by atoms with Gasteiger partial charge in [0.2, 0.25) is 0 Å². The topological polar surface area (TPSA) is 74.5 Å². The lowest BCUT2D eigenvalue weighted by molar-refractivity contribution is -0.137. The summed E-state index contributed by atoms with van der Waals surface area (Å²) in [6.45, 7) is 4.53. The van der Waals surface area contributed by atoms with E-state index >= 15 is 0 Å². The second kappa shape index (κ2) is 11.2. The highest BCUT2D eigenvalue weighted by Gasteiger charge is 2.29. The van der Waals surface area contributed by atoms with Crippen LogP contribution in [0.15, 0.2) is 41.7 Å². The summed E-state index contributed by atoms with van der Waals surface area (Å²) >= 11 is 0. The van der Waals surface area contributed by atoms with Crippen molar-refractivity contribution in [1.82, 2.24) is 20.4 Å². The third kappa shape index (κ3) is 7.87. The minimum Gasteiger partial charge on any atom is -0.383 e. The molecule has 0 saturated heterocycles. The van der Waals surface area contributed by atoms with Crippen LogP contribution in [-0.2, 0) is 18.8 Å². The van der Waals surface area contributed by atoms with Gasteiger partial charge in [-0.15, -0.1) is 24.0 Å². The fourth-order valence-corrected chi connectivity index (χ4v) is 2.38. The Labute approximate surface area is 191 Å². The predicted molar refractivity (Wildman–Crippen MR) is 120 cm³/mol. The molecule has 0 fully saturated rings. The highest BCUT2D eigenvalue weighted by atomic mass is 127. The number of aryl methyl sites for hydroxylation is 1. The second-order valence-electron chi connectivity index (χ2n) is 6.60. The maximum atomic E-state index is 12.6. The molecule has 0 aliphatic carbocycles. The molecule has 30 heavy (non-hydrogen) atoms. The standard InChI is InChI=1S/C20H24F3N5O.HI/c1-4-24-18(26-14-19(2,29)17-12-27-28(3)13-17)25-11-5-6-15-7-9-16(10-8-15)20(21,22)23;/h7-10,12-13,29H,4,11,14H2,1-3H3,(H2,24,25,26);1H. The summed E-state index contributed by atoms with van der Waals surface area (Å²) in [6, 6.07) is 4.67. The second-order valence-corrected chi connectivity index (χ2v) is 6.60. The highest BCUT2D eigenvalue weighted by Crippen LogP contribution is 2.28. The van der Waals surface area contributed by atoms with Crippen LogP contribution in [0.3, 0.4) is 0 Å². The van der Waals surface area contributed by atoms with Gasteiger partial charge >= 0.3 is 6.18 Å². The lowest BCUT2D eigenvalue weighted by Gasteiger charge is -2.20. The number of aliphatic hydroxyl groups is 1. The van der Waals surface area contributed by atoms with Gasteiger partial charge in [-0.05, 0) is 38.1 Å². The van der Waals surface area contributed by atoms with Gasteiger partial charge in [0.1, 0.15) is 5.60 Å². The van der Waals surface area contributed by atoms with Gasteiger partial charge in [-0.3, -0.25) is 4.68 Å². The van der Waals surface area contributed by atoms with Crippen LogP contribution in [0.1, 0.15) is 30.5 Å². The molecule has 1 atom stereocenters. The zero-order chi connectivity index (χ0) is 21.5. The third-order valence-corrected chi connectivity index (χ3v) is 4.01. The van der Waals surface area contributed by atoms with Gasteiger partial charge in [-0.2, -0.15) is 18.3 Å². The zero-order valence-corrected chi connectivity index (χ0v) is 19.2. The molecule has 0 saturated carbocycles. The largest absolute Gasteiger partial charge is 0.416 e. The molecule has 0 aliphatic rings. The van der Waals surface area contributed by atoms with E-state index in [1.165, 1.54) is 12.1 Å². The molecule has 164 valence electrons. The summed E-state index contributed by atoms with van der Waals surface area (Å²) in [5.74, 6) is 6.11. The molecule has 3 N–H and O–H groups in total. The zero-order valence-electron chi connectivity index (χ0n) is 16.9. The number of aliphatic imine (C=N–C) groups is 1. The van der Waals surface area contributed by atoms with Gasteiger partial charge in [-0.1, -0.05) is 11.8 Å². The SMILES string of the molecule is CCNC(=NCC(C)(O)c1cnn(C)c1)NCC#Cc1ccc(C(F)(F)F)cc1.I. The van der Waals surface area contributed by atoms with Gasteiger partial charge in [0, 0.05) is 30.9 Å². The number of benzene rings is 1. The van der Waals surface area contributed by atoms with Crippen LogP contribution >= 0.6 is 24.0 Å². The number of aromatic nitrogens is 2. The molecule has 0 bridgehead atoms. The van der Waals surface area contributed by atoms with E-state index in [1.807, 2.05) is 6.92 Å². The summed E-state index contributed by atoms with van der Waals surface area (Å²) in [5, 5.41) is 20.7. The molecule has 0 aliphatic heterocycles. The van der Waals surface area contributed by atoms with E-state index in [0.717, 1.165) is 12.1 Å². The third-order valence-electron chi connectivity index (χ3n) is 4.01. The first-order valence-corrected chi connectivity index (χ1v) is 9.01. The van der Waals surface area contributed by atoms with Crippen molar-refractivity contribution in [2.24, 2.45) is 12.0 Å². The van der Waals surface area contributed by atoms with E-state index in [2.05, 4.69) is 32.6 Å². The quantitative estimate of drug-likeness (QED) is 0.239. The summed E-state index contributed by atoms with van der Waals surface area (Å²) in [5.41, 5.74) is -0.742. The van der Waals surface area contributed by atoms with Gasteiger partial charge in [0.25, 0.3) is 0 Å². The van der Waals surface area contributed by atoms with Crippen molar-refractivity contribution >= 4 is 29.9 Å². The van der Waals surface area contributed by atoms with Crippen molar-refractivity contribution in [2.75, 3.05) is 19.6 Å². The first-order valence-electron chi connectivity index (χ1n) is 9.01. The van der Waals surface area contributed by atoms with Crippen LogP contribution in [0.25, 0.3) is 0 Å². The smallest absolute Gasteiger partial charge is 0.383 e. The number of hydrogen-bond donors (Lipinski definition) is 3. The lowest BCUT2D eigenvalue weighted by Crippen LogP contribution is -2.39. The Hall–Kier alpha value is -2.26. The van der Waals surface area contributed by atoms with Crippen LogP contribution in [0.4, 0.5) is 13.2 Å². The van der Waals surface area contributed by atoms with Crippen molar-refractivity contribution in [3.8, 4) is 11.8 Å². The van der Waals surface area contributed by atoms with E-state index in [9.17, 15) is 18.3 Å². The van der Waals surface area contributed by atoms with Crippen LogP contribution in [0, 0.1) is 11.8 Å². The Morgan fingerprint density at radius 1 is 1.20 bits per heavy atom. The number of nitrogens with zero attached hydrogens (tertiary/aromatic N) is 3. The highest BCUT2D eigenvalue weighted by molar-refractivity contribution is 14.0. The summed E-state index contributed by atoms with van der Waals surface area (Å²) < 4.78 is 39.3. The Kier molecular flexibility index (Phi) is 9.64. The van der Waals surface area contributed by atoms with E-state index in [1.54, 1.807) is 31.0 Å². The van der Waals surface area contributed by atoms with Gasteiger partial charge in [0.15, 0.2) is 5.96 Å². The normalized spacial score (nSPS) is 13.5. The number of hydrogen-bond acceptors (Lipinski definition) is 3. The van der Waals surface area contributed by atoms with Crippen molar-refractivity contribution in [3.05, 3.63) is 53.3 Å². The molecule has 1 unspecified atom stereocenters. The van der Waals surface area contributed by atoms with Crippen LogP contribution in [0.2, 0.25) is 0 Å². The molecule has 10 heteroatoms. The van der Waals surface area contributed by atoms with Gasteiger partial charge < -0.3 is 15.7 Å². The maximum Gasteiger partial charge on any atom is 0.416 e. The van der Waals surface area contributed by atoms with Gasteiger partial charge in [0.05, 0.1) is 24.8 Å². The average Bonchev–Trinajstić information content (AvgIpc) is 3.10. The predicted octanol–water partition coefficient (Wildman–Crippen LogP) is 2.87. The number of guanidine groups is 1. The van der Waals surface area contributed by atoms with E-state index in [0.29, 0.717) is 23.6 Å².